The van der Waals surface area contributed by atoms with Gasteiger partial charge in [0.2, 0.25) is 0 Å². The summed E-state index contributed by atoms with van der Waals surface area (Å²) in [5.41, 5.74) is 0.226. The Morgan fingerprint density at radius 1 is 1.17 bits per heavy atom. The molecule has 1 unspecified atom stereocenters. The fourth-order valence-corrected chi connectivity index (χ4v) is 2.80. The van der Waals surface area contributed by atoms with E-state index in [1.165, 1.54) is 0 Å². The van der Waals surface area contributed by atoms with Crippen LogP contribution < -0.4 is 5.46 Å². The molecule has 0 aromatic carbocycles. The molecule has 6 nitrogen and oxygen atoms in total. The van der Waals surface area contributed by atoms with Crippen LogP contribution in [0.4, 0.5) is 0 Å². The van der Waals surface area contributed by atoms with Gasteiger partial charge in [-0.2, -0.15) is 5.10 Å². The summed E-state index contributed by atoms with van der Waals surface area (Å²) in [4.78, 5) is 0. The van der Waals surface area contributed by atoms with Crippen molar-refractivity contribution in [3.63, 3.8) is 0 Å². The van der Waals surface area contributed by atoms with E-state index >= 15 is 0 Å². The fraction of sp³-hybridized carbons (Fsp3) is 0.812. The lowest BCUT2D eigenvalue weighted by Gasteiger charge is -2.32. The largest absolute Gasteiger partial charge is 0.498 e. The molecule has 0 bridgehead atoms. The van der Waals surface area contributed by atoms with E-state index in [0.717, 1.165) is 5.46 Å². The number of nitrogens with zero attached hydrogens (tertiary/aromatic N) is 2. The van der Waals surface area contributed by atoms with Gasteiger partial charge in [-0.15, -0.1) is 0 Å². The summed E-state index contributed by atoms with van der Waals surface area (Å²) in [6.45, 7) is 14.7. The molecular formula is C16H27BN2O4. The Balaban J connectivity index is 1.72. The van der Waals surface area contributed by atoms with Crippen molar-refractivity contribution in [1.82, 2.24) is 9.78 Å². The van der Waals surface area contributed by atoms with Crippen LogP contribution in [0.1, 0.15) is 54.5 Å². The fourth-order valence-electron chi connectivity index (χ4n) is 2.80. The topological polar surface area (TPSA) is 54.7 Å². The zero-order valence-corrected chi connectivity index (χ0v) is 15.1. The molecule has 1 aromatic rings. The summed E-state index contributed by atoms with van der Waals surface area (Å²) < 4.78 is 25.6. The quantitative estimate of drug-likeness (QED) is 0.796. The van der Waals surface area contributed by atoms with Crippen molar-refractivity contribution in [1.29, 1.82) is 0 Å². The van der Waals surface area contributed by atoms with Gasteiger partial charge in [-0.05, 0) is 48.5 Å². The number of rotatable bonds is 3. The first-order chi connectivity index (χ1) is 10.5. The Hall–Kier alpha value is -0.885. The first kappa shape index (κ1) is 17.0. The van der Waals surface area contributed by atoms with Gasteiger partial charge in [-0.25, -0.2) is 0 Å². The molecule has 1 aromatic heterocycles. The molecule has 2 aliphatic rings. The van der Waals surface area contributed by atoms with Crippen LogP contribution in [0.5, 0.6) is 0 Å². The van der Waals surface area contributed by atoms with Crippen LogP contribution in [0.3, 0.4) is 0 Å². The summed E-state index contributed by atoms with van der Waals surface area (Å²) in [5.74, 6) is -0.527. The molecule has 0 N–H and O–H groups in total. The number of hydrogen-bond acceptors (Lipinski definition) is 5. The third-order valence-corrected chi connectivity index (χ3v) is 5.13. The van der Waals surface area contributed by atoms with E-state index in [9.17, 15) is 0 Å². The van der Waals surface area contributed by atoms with Crippen LogP contribution in [0.15, 0.2) is 12.4 Å². The van der Waals surface area contributed by atoms with E-state index in [1.807, 2.05) is 52.4 Å². The van der Waals surface area contributed by atoms with Crippen molar-refractivity contribution in [2.75, 3.05) is 6.61 Å². The van der Waals surface area contributed by atoms with Crippen LogP contribution in [0.2, 0.25) is 0 Å². The van der Waals surface area contributed by atoms with Gasteiger partial charge in [0.05, 0.1) is 23.9 Å². The molecule has 0 aliphatic carbocycles. The minimum absolute atomic E-state index is 0.0175. The molecule has 0 amide bonds. The Morgan fingerprint density at radius 2 is 1.78 bits per heavy atom. The second-order valence-corrected chi connectivity index (χ2v) is 7.95. The molecule has 0 spiro atoms. The minimum Gasteiger partial charge on any atom is -0.399 e. The van der Waals surface area contributed by atoms with Crippen molar-refractivity contribution in [3.8, 4) is 0 Å². The lowest BCUT2D eigenvalue weighted by molar-refractivity contribution is -0.143. The first-order valence-electron chi connectivity index (χ1n) is 8.22. The molecule has 2 saturated heterocycles. The van der Waals surface area contributed by atoms with Crippen LogP contribution in [0, 0.1) is 0 Å². The monoisotopic (exact) mass is 322 g/mol. The van der Waals surface area contributed by atoms with E-state index in [0.29, 0.717) is 6.61 Å². The van der Waals surface area contributed by atoms with Gasteiger partial charge in [0.15, 0.2) is 5.79 Å². The summed E-state index contributed by atoms with van der Waals surface area (Å²) in [6, 6.07) is 0.0768. The molecule has 3 heterocycles. The maximum atomic E-state index is 6.07. The van der Waals surface area contributed by atoms with Crippen LogP contribution >= 0.6 is 0 Å². The normalized spacial score (nSPS) is 29.9. The zero-order valence-electron chi connectivity index (χ0n) is 15.1. The van der Waals surface area contributed by atoms with Gasteiger partial charge < -0.3 is 18.8 Å². The number of ether oxygens (including phenoxy) is 2. The average molecular weight is 322 g/mol. The summed E-state index contributed by atoms with van der Waals surface area (Å²) in [7, 11) is -0.391. The highest BCUT2D eigenvalue weighted by molar-refractivity contribution is 6.61. The van der Waals surface area contributed by atoms with Crippen LogP contribution in [-0.4, -0.2) is 46.6 Å². The van der Waals surface area contributed by atoms with Gasteiger partial charge in [0.1, 0.15) is 6.10 Å². The highest BCUT2D eigenvalue weighted by atomic mass is 16.7. The highest BCUT2D eigenvalue weighted by Gasteiger charge is 2.52. The molecule has 2 fully saturated rings. The van der Waals surface area contributed by atoms with Crippen molar-refractivity contribution in [3.05, 3.63) is 12.4 Å². The maximum Gasteiger partial charge on any atom is 0.498 e. The summed E-state index contributed by atoms with van der Waals surface area (Å²) in [5, 5.41) is 4.47. The third kappa shape index (κ3) is 3.07. The first-order valence-corrected chi connectivity index (χ1v) is 8.22. The SMILES string of the molecule is CC([C@@H]1COC(C)(C)O1)n1cc(B2OC(C)(C)C(C)(C)O2)cn1. The van der Waals surface area contributed by atoms with E-state index in [2.05, 4.69) is 12.0 Å². The lowest BCUT2D eigenvalue weighted by atomic mass is 9.82. The zero-order chi connectivity index (χ0) is 17.0. The van der Waals surface area contributed by atoms with E-state index in [-0.39, 0.29) is 23.3 Å². The standard InChI is InChI=1S/C16H27BN2O4/c1-11(13-10-20-16(6,7)21-13)19-9-12(8-18-19)17-22-14(2,3)15(4,5)23-17/h8-9,11,13H,10H2,1-7H3/t11?,13-/m0/s1. The lowest BCUT2D eigenvalue weighted by Crippen LogP contribution is -2.41. The molecule has 2 aliphatic heterocycles. The van der Waals surface area contributed by atoms with Crippen LogP contribution in [0.25, 0.3) is 0 Å². The smallest absolute Gasteiger partial charge is 0.399 e. The third-order valence-electron chi connectivity index (χ3n) is 5.13. The molecule has 128 valence electrons. The second kappa shape index (κ2) is 5.31. The molecule has 3 rings (SSSR count). The van der Waals surface area contributed by atoms with Crippen molar-refractivity contribution >= 4 is 12.6 Å². The Morgan fingerprint density at radius 3 is 2.30 bits per heavy atom. The van der Waals surface area contributed by atoms with Crippen molar-refractivity contribution in [2.24, 2.45) is 0 Å². The van der Waals surface area contributed by atoms with E-state index in [1.54, 1.807) is 6.20 Å². The minimum atomic E-state index is -0.527. The molecule has 0 radical (unpaired) electrons. The van der Waals surface area contributed by atoms with E-state index < -0.39 is 12.9 Å². The van der Waals surface area contributed by atoms with Crippen molar-refractivity contribution in [2.45, 2.75) is 77.6 Å². The van der Waals surface area contributed by atoms with Gasteiger partial charge in [0.25, 0.3) is 0 Å². The number of hydrogen-bond donors (Lipinski definition) is 0. The molecule has 23 heavy (non-hydrogen) atoms. The van der Waals surface area contributed by atoms with Gasteiger partial charge in [0, 0.05) is 17.9 Å². The van der Waals surface area contributed by atoms with Gasteiger partial charge >= 0.3 is 7.12 Å². The number of aromatic nitrogens is 2. The van der Waals surface area contributed by atoms with Crippen molar-refractivity contribution < 1.29 is 18.8 Å². The van der Waals surface area contributed by atoms with Crippen LogP contribution in [-0.2, 0) is 18.8 Å². The maximum absolute atomic E-state index is 6.07. The average Bonchev–Trinajstić information content (AvgIpc) is 3.07. The predicted octanol–water partition coefficient (Wildman–Crippen LogP) is 1.89. The molecular weight excluding hydrogens is 295 g/mol. The summed E-state index contributed by atoms with van der Waals surface area (Å²) in [6.07, 6.45) is 3.76. The van der Waals surface area contributed by atoms with E-state index in [4.69, 9.17) is 18.8 Å². The Kier molecular flexibility index (Phi) is 3.91. The molecule has 0 saturated carbocycles. The Labute approximate surface area is 138 Å². The Bertz CT molecular complexity index is 568. The summed E-state index contributed by atoms with van der Waals surface area (Å²) >= 11 is 0. The highest BCUT2D eigenvalue weighted by Crippen LogP contribution is 2.36. The molecule has 7 heteroatoms. The van der Waals surface area contributed by atoms with Gasteiger partial charge in [-0.1, -0.05) is 0 Å². The second-order valence-electron chi connectivity index (χ2n) is 7.95. The van der Waals surface area contributed by atoms with Gasteiger partial charge in [-0.3, -0.25) is 4.68 Å². The molecule has 2 atom stereocenters. The predicted molar refractivity (Wildman–Crippen MR) is 87.6 cm³/mol.